The molecule has 4 N–H and O–H groups in total. The van der Waals surface area contributed by atoms with Gasteiger partial charge in [0.2, 0.25) is 0 Å². The van der Waals surface area contributed by atoms with Gasteiger partial charge in [0.1, 0.15) is 6.10 Å². The third-order valence-corrected chi connectivity index (χ3v) is 2.46. The minimum atomic E-state index is -1.13. The Bertz CT molecular complexity index is 327. The summed E-state index contributed by atoms with van der Waals surface area (Å²) in [6.45, 7) is 2.24. The molecule has 0 aromatic heterocycles. The number of benzene rings is 1. The van der Waals surface area contributed by atoms with Crippen molar-refractivity contribution in [2.45, 2.75) is 32.0 Å². The molecular weight excluding hydrogens is 204 g/mol. The summed E-state index contributed by atoms with van der Waals surface area (Å²) < 4.78 is 0. The Hall–Kier alpha value is -1.39. The highest BCUT2D eigenvalue weighted by atomic mass is 16.3. The third kappa shape index (κ3) is 3.64. The quantitative estimate of drug-likeness (QED) is 0.675. The third-order valence-electron chi connectivity index (χ3n) is 2.46. The summed E-state index contributed by atoms with van der Waals surface area (Å²) in [7, 11) is 0. The van der Waals surface area contributed by atoms with Gasteiger partial charge in [0, 0.05) is 12.6 Å². The van der Waals surface area contributed by atoms with Gasteiger partial charge in [-0.3, -0.25) is 4.79 Å². The first-order valence-electron chi connectivity index (χ1n) is 5.40. The van der Waals surface area contributed by atoms with Crippen LogP contribution in [0.15, 0.2) is 30.3 Å². The zero-order valence-corrected chi connectivity index (χ0v) is 9.39. The highest BCUT2D eigenvalue weighted by Crippen LogP contribution is 1.99. The van der Waals surface area contributed by atoms with Crippen molar-refractivity contribution >= 4 is 5.91 Å². The lowest BCUT2D eigenvalue weighted by Crippen LogP contribution is -2.45. The fraction of sp³-hybridized carbons (Fsp3) is 0.417. The highest BCUT2D eigenvalue weighted by Gasteiger charge is 2.20. The molecule has 2 atom stereocenters. The Balaban J connectivity index is 2.41. The molecule has 0 saturated heterocycles. The number of hydrogen-bond donors (Lipinski definition) is 3. The molecule has 0 heterocycles. The number of hydrogen-bond acceptors (Lipinski definition) is 3. The van der Waals surface area contributed by atoms with Gasteiger partial charge in [-0.15, -0.1) is 0 Å². The molecule has 0 fully saturated rings. The van der Waals surface area contributed by atoms with Crippen molar-refractivity contribution in [1.82, 2.24) is 5.32 Å². The predicted molar refractivity (Wildman–Crippen MR) is 62.6 cm³/mol. The molecule has 0 aliphatic rings. The molecule has 1 rings (SSSR count). The van der Waals surface area contributed by atoms with Crippen molar-refractivity contribution in [2.24, 2.45) is 5.73 Å². The van der Waals surface area contributed by atoms with Gasteiger partial charge in [-0.1, -0.05) is 37.3 Å². The molecule has 0 aliphatic heterocycles. The largest absolute Gasteiger partial charge is 0.382 e. The predicted octanol–water partition coefficient (Wildman–Crippen LogP) is 0.401. The maximum absolute atomic E-state index is 11.5. The summed E-state index contributed by atoms with van der Waals surface area (Å²) in [5.74, 6) is -0.418. The van der Waals surface area contributed by atoms with Crippen LogP contribution in [0.1, 0.15) is 18.9 Å². The van der Waals surface area contributed by atoms with Crippen LogP contribution < -0.4 is 11.1 Å². The highest BCUT2D eigenvalue weighted by molar-refractivity contribution is 5.81. The van der Waals surface area contributed by atoms with Gasteiger partial charge < -0.3 is 16.2 Å². The molecule has 1 aromatic rings. The maximum atomic E-state index is 11.5. The van der Waals surface area contributed by atoms with Crippen LogP contribution in [-0.4, -0.2) is 23.2 Å². The Labute approximate surface area is 95.5 Å². The second-order valence-corrected chi connectivity index (χ2v) is 3.72. The molecule has 4 heteroatoms. The molecule has 1 aromatic carbocycles. The van der Waals surface area contributed by atoms with Crippen LogP contribution in [0, 0.1) is 0 Å². The van der Waals surface area contributed by atoms with Crippen LogP contribution in [0.25, 0.3) is 0 Å². The van der Waals surface area contributed by atoms with Gasteiger partial charge in [0.05, 0.1) is 0 Å². The van der Waals surface area contributed by atoms with Crippen molar-refractivity contribution in [3.8, 4) is 0 Å². The average molecular weight is 222 g/mol. The van der Waals surface area contributed by atoms with Crippen LogP contribution in [0.2, 0.25) is 0 Å². The van der Waals surface area contributed by atoms with Crippen LogP contribution in [0.3, 0.4) is 0 Å². The summed E-state index contributed by atoms with van der Waals surface area (Å²) in [5, 5.41) is 12.2. The molecule has 0 aliphatic carbocycles. The van der Waals surface area contributed by atoms with E-state index in [4.69, 9.17) is 5.73 Å². The topological polar surface area (TPSA) is 75.3 Å². The first-order valence-corrected chi connectivity index (χ1v) is 5.40. The van der Waals surface area contributed by atoms with E-state index in [0.29, 0.717) is 13.0 Å². The lowest BCUT2D eigenvalue weighted by Gasteiger charge is -2.16. The molecule has 0 radical (unpaired) electrons. The van der Waals surface area contributed by atoms with Crippen LogP contribution in [0.4, 0.5) is 0 Å². The monoisotopic (exact) mass is 222 g/mol. The number of nitrogens with one attached hydrogen (secondary N) is 1. The SMILES string of the molecule is CCC(N)C(O)C(=O)NCc1ccccc1. The zero-order valence-electron chi connectivity index (χ0n) is 9.39. The molecule has 0 saturated carbocycles. The Morgan fingerprint density at radius 3 is 2.62 bits per heavy atom. The van der Waals surface area contributed by atoms with Gasteiger partial charge in [0.15, 0.2) is 0 Å². The van der Waals surface area contributed by atoms with Crippen LogP contribution in [-0.2, 0) is 11.3 Å². The maximum Gasteiger partial charge on any atom is 0.250 e. The van der Waals surface area contributed by atoms with E-state index < -0.39 is 18.1 Å². The fourth-order valence-electron chi connectivity index (χ4n) is 1.31. The van der Waals surface area contributed by atoms with E-state index in [0.717, 1.165) is 5.56 Å². The number of carbonyl (C=O) groups excluding carboxylic acids is 1. The van der Waals surface area contributed by atoms with Crippen molar-refractivity contribution in [3.05, 3.63) is 35.9 Å². The Morgan fingerprint density at radius 1 is 1.44 bits per heavy atom. The molecule has 2 unspecified atom stereocenters. The first-order chi connectivity index (χ1) is 7.65. The molecule has 4 nitrogen and oxygen atoms in total. The van der Waals surface area contributed by atoms with Crippen LogP contribution >= 0.6 is 0 Å². The molecule has 88 valence electrons. The van der Waals surface area contributed by atoms with E-state index >= 15 is 0 Å². The normalized spacial score (nSPS) is 14.2. The lowest BCUT2D eigenvalue weighted by molar-refractivity contribution is -0.130. The number of carbonyl (C=O) groups is 1. The minimum Gasteiger partial charge on any atom is -0.382 e. The standard InChI is InChI=1S/C12H18N2O2/c1-2-10(13)11(15)12(16)14-8-9-6-4-3-5-7-9/h3-7,10-11,15H,2,8,13H2,1H3,(H,14,16). The Morgan fingerprint density at radius 2 is 2.06 bits per heavy atom. The van der Waals surface area contributed by atoms with Gasteiger partial charge in [-0.25, -0.2) is 0 Å². The summed E-state index contributed by atoms with van der Waals surface area (Å²) in [6, 6.07) is 9.02. The van der Waals surface area contributed by atoms with Crippen molar-refractivity contribution in [3.63, 3.8) is 0 Å². The minimum absolute atomic E-state index is 0.410. The smallest absolute Gasteiger partial charge is 0.250 e. The summed E-state index contributed by atoms with van der Waals surface area (Å²) >= 11 is 0. The van der Waals surface area contributed by atoms with Gasteiger partial charge in [0.25, 0.3) is 5.91 Å². The zero-order chi connectivity index (χ0) is 12.0. The number of amides is 1. The summed E-state index contributed by atoms with van der Waals surface area (Å²) in [4.78, 5) is 11.5. The van der Waals surface area contributed by atoms with E-state index in [2.05, 4.69) is 5.32 Å². The lowest BCUT2D eigenvalue weighted by atomic mass is 10.1. The van der Waals surface area contributed by atoms with Gasteiger partial charge in [-0.05, 0) is 12.0 Å². The number of rotatable bonds is 5. The first kappa shape index (κ1) is 12.7. The van der Waals surface area contributed by atoms with E-state index in [1.807, 2.05) is 37.3 Å². The van der Waals surface area contributed by atoms with E-state index in [-0.39, 0.29) is 0 Å². The summed E-state index contributed by atoms with van der Waals surface area (Å²) in [6.07, 6.45) is -0.561. The van der Waals surface area contributed by atoms with E-state index in [9.17, 15) is 9.90 Å². The molecule has 0 spiro atoms. The van der Waals surface area contributed by atoms with Crippen molar-refractivity contribution in [2.75, 3.05) is 0 Å². The van der Waals surface area contributed by atoms with Crippen LogP contribution in [0.5, 0.6) is 0 Å². The average Bonchev–Trinajstić information content (AvgIpc) is 2.35. The van der Waals surface area contributed by atoms with Gasteiger partial charge >= 0.3 is 0 Å². The molecule has 1 amide bonds. The van der Waals surface area contributed by atoms with E-state index in [1.165, 1.54) is 0 Å². The molecular formula is C12H18N2O2. The number of aliphatic hydroxyl groups excluding tert-OH is 1. The van der Waals surface area contributed by atoms with Crippen molar-refractivity contribution in [1.29, 1.82) is 0 Å². The van der Waals surface area contributed by atoms with Gasteiger partial charge in [-0.2, -0.15) is 0 Å². The second kappa shape index (κ2) is 6.25. The number of aliphatic hydroxyl groups is 1. The number of nitrogens with two attached hydrogens (primary N) is 1. The molecule has 0 bridgehead atoms. The fourth-order valence-corrected chi connectivity index (χ4v) is 1.31. The molecule has 16 heavy (non-hydrogen) atoms. The summed E-state index contributed by atoms with van der Waals surface area (Å²) in [5.41, 5.74) is 6.57. The Kier molecular flexibility index (Phi) is 4.95. The second-order valence-electron chi connectivity index (χ2n) is 3.72. The van der Waals surface area contributed by atoms with Crippen molar-refractivity contribution < 1.29 is 9.90 Å². The van der Waals surface area contributed by atoms with E-state index in [1.54, 1.807) is 0 Å².